The Morgan fingerprint density at radius 2 is 1.83 bits per heavy atom. The van der Waals surface area contributed by atoms with Gasteiger partial charge >= 0.3 is 0 Å². The summed E-state index contributed by atoms with van der Waals surface area (Å²) in [7, 11) is 0. The maximum atomic E-state index is 12.0. The summed E-state index contributed by atoms with van der Waals surface area (Å²) in [5.74, 6) is 0.165. The molecule has 0 amide bonds. The van der Waals surface area contributed by atoms with Gasteiger partial charge in [0.05, 0.1) is 0 Å². The van der Waals surface area contributed by atoms with Gasteiger partial charge in [-0.3, -0.25) is 4.79 Å². The molecule has 2 rings (SSSR count). The van der Waals surface area contributed by atoms with Crippen molar-refractivity contribution in [2.75, 3.05) is 0 Å². The molecule has 2 aromatic carbocycles. The lowest BCUT2D eigenvalue weighted by molar-refractivity contribution is 0.0983. The second kappa shape index (κ2) is 5.83. The van der Waals surface area contributed by atoms with E-state index in [9.17, 15) is 4.79 Å². The van der Waals surface area contributed by atoms with Gasteiger partial charge in [0.1, 0.15) is 0 Å². The molecule has 0 atom stereocenters. The van der Waals surface area contributed by atoms with Crippen LogP contribution in [0, 0.1) is 6.92 Å². The van der Waals surface area contributed by atoms with E-state index >= 15 is 0 Å². The number of hydrogen-bond donors (Lipinski definition) is 0. The highest BCUT2D eigenvalue weighted by molar-refractivity contribution is 6.31. The summed E-state index contributed by atoms with van der Waals surface area (Å²) in [5, 5.41) is 0.703. The molecule has 0 N–H and O–H groups in total. The first kappa shape index (κ1) is 12.8. The van der Waals surface area contributed by atoms with Gasteiger partial charge in [0, 0.05) is 17.0 Å². The van der Waals surface area contributed by atoms with Gasteiger partial charge in [-0.15, -0.1) is 0 Å². The Kier molecular flexibility index (Phi) is 4.16. The lowest BCUT2D eigenvalue weighted by Gasteiger charge is -2.04. The average Bonchev–Trinajstić information content (AvgIpc) is 2.40. The van der Waals surface area contributed by atoms with E-state index in [-0.39, 0.29) is 5.78 Å². The lowest BCUT2D eigenvalue weighted by atomic mass is 10.0. The number of benzene rings is 2. The molecule has 0 aliphatic carbocycles. The minimum Gasteiger partial charge on any atom is -0.294 e. The summed E-state index contributed by atoms with van der Waals surface area (Å²) in [6.45, 7) is 1.91. The van der Waals surface area contributed by atoms with Crippen LogP contribution >= 0.6 is 11.6 Å². The molecule has 0 aliphatic heterocycles. The lowest BCUT2D eigenvalue weighted by Crippen LogP contribution is -2.01. The zero-order chi connectivity index (χ0) is 13.0. The van der Waals surface area contributed by atoms with Crippen molar-refractivity contribution in [1.82, 2.24) is 0 Å². The van der Waals surface area contributed by atoms with Crippen LogP contribution in [0.1, 0.15) is 27.9 Å². The van der Waals surface area contributed by atoms with Gasteiger partial charge in [-0.25, -0.2) is 0 Å². The molecular weight excluding hydrogens is 244 g/mol. The molecule has 92 valence electrons. The van der Waals surface area contributed by atoms with Gasteiger partial charge in [-0.2, -0.15) is 0 Å². The van der Waals surface area contributed by atoms with Crippen molar-refractivity contribution in [2.45, 2.75) is 19.8 Å². The van der Waals surface area contributed by atoms with E-state index in [0.29, 0.717) is 11.4 Å². The third-order valence-electron chi connectivity index (χ3n) is 2.96. The van der Waals surface area contributed by atoms with Crippen LogP contribution in [0.4, 0.5) is 0 Å². The van der Waals surface area contributed by atoms with Crippen LogP contribution in [0.25, 0.3) is 0 Å². The topological polar surface area (TPSA) is 17.1 Å². The van der Waals surface area contributed by atoms with E-state index in [0.717, 1.165) is 17.5 Å². The van der Waals surface area contributed by atoms with Gasteiger partial charge in [0.2, 0.25) is 0 Å². The predicted octanol–water partition coefficient (Wildman–Crippen LogP) is 4.46. The fourth-order valence-electron chi connectivity index (χ4n) is 1.87. The molecule has 18 heavy (non-hydrogen) atoms. The molecule has 0 unspecified atom stereocenters. The zero-order valence-corrected chi connectivity index (χ0v) is 11.1. The van der Waals surface area contributed by atoms with Gasteiger partial charge < -0.3 is 0 Å². The van der Waals surface area contributed by atoms with Gasteiger partial charge in [0.15, 0.2) is 5.78 Å². The third kappa shape index (κ3) is 3.21. The maximum absolute atomic E-state index is 12.0. The largest absolute Gasteiger partial charge is 0.294 e. The Morgan fingerprint density at radius 3 is 2.50 bits per heavy atom. The highest BCUT2D eigenvalue weighted by atomic mass is 35.5. The first-order chi connectivity index (χ1) is 8.66. The maximum Gasteiger partial charge on any atom is 0.163 e. The molecule has 0 saturated carbocycles. The van der Waals surface area contributed by atoms with Gasteiger partial charge in [-0.05, 0) is 42.7 Å². The van der Waals surface area contributed by atoms with Crippen LogP contribution in [0.3, 0.4) is 0 Å². The van der Waals surface area contributed by atoms with Crippen LogP contribution in [-0.2, 0) is 6.42 Å². The Morgan fingerprint density at radius 1 is 1.11 bits per heavy atom. The highest BCUT2D eigenvalue weighted by Crippen LogP contribution is 2.17. The van der Waals surface area contributed by atoms with Crippen LogP contribution in [-0.4, -0.2) is 5.78 Å². The van der Waals surface area contributed by atoms with E-state index in [1.807, 2.05) is 43.3 Å². The molecule has 0 aromatic heterocycles. The van der Waals surface area contributed by atoms with Crippen LogP contribution in [0.15, 0.2) is 48.5 Å². The zero-order valence-electron chi connectivity index (χ0n) is 10.3. The molecule has 0 radical (unpaired) electrons. The number of aryl methyl sites for hydroxylation is 2. The van der Waals surface area contributed by atoms with E-state index in [4.69, 9.17) is 11.6 Å². The summed E-state index contributed by atoms with van der Waals surface area (Å²) in [5.41, 5.74) is 2.88. The van der Waals surface area contributed by atoms with Crippen molar-refractivity contribution in [3.63, 3.8) is 0 Å². The van der Waals surface area contributed by atoms with Crippen molar-refractivity contribution in [3.8, 4) is 0 Å². The number of halogens is 1. The van der Waals surface area contributed by atoms with Gasteiger partial charge in [0.25, 0.3) is 0 Å². The SMILES string of the molecule is Cc1cc(C(=O)CCc2ccccc2)ccc1Cl. The Hall–Kier alpha value is -1.60. The number of carbonyl (C=O) groups excluding carboxylic acids is 1. The number of carbonyl (C=O) groups is 1. The molecular formula is C16H15ClO. The van der Waals surface area contributed by atoms with Crippen molar-refractivity contribution in [1.29, 1.82) is 0 Å². The van der Waals surface area contributed by atoms with Crippen molar-refractivity contribution in [2.24, 2.45) is 0 Å². The quantitative estimate of drug-likeness (QED) is 0.740. The Balaban J connectivity index is 2.02. The average molecular weight is 259 g/mol. The van der Waals surface area contributed by atoms with E-state index in [1.165, 1.54) is 5.56 Å². The summed E-state index contributed by atoms with van der Waals surface area (Å²) in [4.78, 5) is 12.0. The second-order valence-electron chi connectivity index (χ2n) is 4.37. The Labute approximate surface area is 112 Å². The second-order valence-corrected chi connectivity index (χ2v) is 4.78. The molecule has 2 aromatic rings. The summed E-state index contributed by atoms with van der Waals surface area (Å²) in [6, 6.07) is 15.5. The van der Waals surface area contributed by atoms with E-state index in [1.54, 1.807) is 12.1 Å². The van der Waals surface area contributed by atoms with Crippen molar-refractivity contribution >= 4 is 17.4 Å². The van der Waals surface area contributed by atoms with E-state index in [2.05, 4.69) is 0 Å². The molecule has 0 spiro atoms. The van der Waals surface area contributed by atoms with Crippen LogP contribution in [0.2, 0.25) is 5.02 Å². The molecule has 2 heteroatoms. The third-order valence-corrected chi connectivity index (χ3v) is 3.39. The van der Waals surface area contributed by atoms with Crippen LogP contribution < -0.4 is 0 Å². The molecule has 0 aliphatic rings. The first-order valence-corrected chi connectivity index (χ1v) is 6.38. The fraction of sp³-hybridized carbons (Fsp3) is 0.188. The minimum atomic E-state index is 0.165. The molecule has 1 nitrogen and oxygen atoms in total. The Bertz CT molecular complexity index is 546. The molecule has 0 heterocycles. The number of Topliss-reactive ketones (excluding diaryl/α,β-unsaturated/α-hetero) is 1. The number of hydrogen-bond acceptors (Lipinski definition) is 1. The van der Waals surface area contributed by atoms with Gasteiger partial charge in [-0.1, -0.05) is 41.9 Å². The first-order valence-electron chi connectivity index (χ1n) is 6.00. The van der Waals surface area contributed by atoms with Crippen molar-refractivity contribution < 1.29 is 4.79 Å². The molecule has 0 bridgehead atoms. The monoisotopic (exact) mass is 258 g/mol. The minimum absolute atomic E-state index is 0.165. The summed E-state index contributed by atoms with van der Waals surface area (Å²) in [6.07, 6.45) is 1.31. The predicted molar refractivity (Wildman–Crippen MR) is 75.3 cm³/mol. The van der Waals surface area contributed by atoms with E-state index < -0.39 is 0 Å². The fourth-order valence-corrected chi connectivity index (χ4v) is 1.98. The molecule has 0 saturated heterocycles. The number of ketones is 1. The summed E-state index contributed by atoms with van der Waals surface area (Å²) >= 11 is 5.95. The normalized spacial score (nSPS) is 10.3. The smallest absolute Gasteiger partial charge is 0.163 e. The van der Waals surface area contributed by atoms with Crippen LogP contribution in [0.5, 0.6) is 0 Å². The number of rotatable bonds is 4. The molecule has 0 fully saturated rings. The summed E-state index contributed by atoms with van der Waals surface area (Å²) < 4.78 is 0. The standard InChI is InChI=1S/C16H15ClO/c1-12-11-14(8-9-15(12)17)16(18)10-7-13-5-3-2-4-6-13/h2-6,8-9,11H,7,10H2,1H3. The highest BCUT2D eigenvalue weighted by Gasteiger charge is 2.07. The van der Waals surface area contributed by atoms with Crippen molar-refractivity contribution in [3.05, 3.63) is 70.2 Å².